The maximum Gasteiger partial charge on any atom is 0.254 e. The SMILES string of the molecule is CC#Cc1ccnc(-c2cnc(-n3cc(SC)c4ccc(C(=O)N5CCOCC5)cc43)nc2)c1.O. The van der Waals surface area contributed by atoms with Crippen LogP contribution in [0.1, 0.15) is 22.8 Å². The molecule has 4 aromatic rings. The van der Waals surface area contributed by atoms with Gasteiger partial charge in [0.1, 0.15) is 0 Å². The molecule has 1 fully saturated rings. The number of rotatable bonds is 4. The number of nitrogens with zero attached hydrogens (tertiary/aromatic N) is 5. The summed E-state index contributed by atoms with van der Waals surface area (Å²) in [6.45, 7) is 4.17. The van der Waals surface area contributed by atoms with E-state index >= 15 is 0 Å². The van der Waals surface area contributed by atoms with Crippen molar-refractivity contribution in [1.29, 1.82) is 0 Å². The molecule has 2 N–H and O–H groups in total. The summed E-state index contributed by atoms with van der Waals surface area (Å²) >= 11 is 1.65. The highest BCUT2D eigenvalue weighted by Crippen LogP contribution is 2.31. The minimum atomic E-state index is 0. The third kappa shape index (κ3) is 4.91. The fraction of sp³-hybridized carbons (Fsp3) is 0.231. The molecular weight excluding hydrogens is 462 g/mol. The minimum Gasteiger partial charge on any atom is -0.412 e. The van der Waals surface area contributed by atoms with Crippen molar-refractivity contribution in [2.75, 3.05) is 32.6 Å². The van der Waals surface area contributed by atoms with Gasteiger partial charge in [0.2, 0.25) is 5.95 Å². The van der Waals surface area contributed by atoms with E-state index in [0.29, 0.717) is 37.8 Å². The number of amides is 1. The van der Waals surface area contributed by atoms with Crippen molar-refractivity contribution in [3.63, 3.8) is 0 Å². The molecule has 8 nitrogen and oxygen atoms in total. The summed E-state index contributed by atoms with van der Waals surface area (Å²) in [5.41, 5.74) is 4.03. The number of thioether (sulfide) groups is 1. The lowest BCUT2D eigenvalue weighted by Crippen LogP contribution is -2.40. The molecule has 1 saturated heterocycles. The van der Waals surface area contributed by atoms with Gasteiger partial charge in [-0.15, -0.1) is 17.7 Å². The molecular formula is C26H25N5O3S. The van der Waals surface area contributed by atoms with Gasteiger partial charge in [-0.25, -0.2) is 9.97 Å². The van der Waals surface area contributed by atoms with Crippen molar-refractivity contribution >= 4 is 28.6 Å². The average molecular weight is 488 g/mol. The number of hydrogen-bond acceptors (Lipinski definition) is 6. The van der Waals surface area contributed by atoms with Crippen LogP contribution >= 0.6 is 11.8 Å². The number of ether oxygens (including phenoxy) is 1. The van der Waals surface area contributed by atoms with E-state index in [-0.39, 0.29) is 11.4 Å². The molecule has 0 spiro atoms. The van der Waals surface area contributed by atoms with Crippen molar-refractivity contribution < 1.29 is 15.0 Å². The van der Waals surface area contributed by atoms with Gasteiger partial charge in [0.25, 0.3) is 5.91 Å². The Morgan fingerprint density at radius 2 is 1.86 bits per heavy atom. The summed E-state index contributed by atoms with van der Waals surface area (Å²) in [5.74, 6) is 6.50. The van der Waals surface area contributed by atoms with Gasteiger partial charge in [0.05, 0.1) is 24.4 Å². The smallest absolute Gasteiger partial charge is 0.254 e. The zero-order chi connectivity index (χ0) is 23.5. The minimum absolute atomic E-state index is 0. The molecule has 0 unspecified atom stereocenters. The van der Waals surface area contributed by atoms with Crippen LogP contribution in [-0.2, 0) is 4.74 Å². The molecule has 9 heteroatoms. The van der Waals surface area contributed by atoms with Crippen LogP contribution in [0.2, 0.25) is 0 Å². The molecule has 0 bridgehead atoms. The Morgan fingerprint density at radius 1 is 1.09 bits per heavy atom. The Hall–Kier alpha value is -3.71. The van der Waals surface area contributed by atoms with E-state index in [2.05, 4.69) is 26.8 Å². The fourth-order valence-electron chi connectivity index (χ4n) is 3.99. The summed E-state index contributed by atoms with van der Waals surface area (Å²) < 4.78 is 7.32. The Kier molecular flexibility index (Phi) is 7.46. The Balaban J connectivity index is 0.00000289. The Bertz CT molecular complexity index is 1420. The van der Waals surface area contributed by atoms with Crippen molar-refractivity contribution in [2.45, 2.75) is 11.8 Å². The topological polar surface area (TPSA) is 105 Å². The van der Waals surface area contributed by atoms with Crippen molar-refractivity contribution in [3.05, 3.63) is 66.2 Å². The highest BCUT2D eigenvalue weighted by atomic mass is 32.2. The molecule has 0 radical (unpaired) electrons. The third-order valence-electron chi connectivity index (χ3n) is 5.71. The number of carbonyl (C=O) groups excluding carboxylic acids is 1. The molecule has 1 aromatic carbocycles. The maximum absolute atomic E-state index is 13.1. The molecule has 178 valence electrons. The largest absolute Gasteiger partial charge is 0.412 e. The molecule has 35 heavy (non-hydrogen) atoms. The fourth-order valence-corrected chi connectivity index (χ4v) is 4.60. The number of benzene rings is 1. The van der Waals surface area contributed by atoms with E-state index in [1.165, 1.54) is 0 Å². The van der Waals surface area contributed by atoms with E-state index in [1.807, 2.05) is 59.2 Å². The second kappa shape index (κ2) is 10.7. The first-order chi connectivity index (χ1) is 16.7. The summed E-state index contributed by atoms with van der Waals surface area (Å²) in [5, 5.41) is 1.06. The number of pyridine rings is 1. The first kappa shape index (κ1) is 24.4. The maximum atomic E-state index is 13.1. The normalized spacial score (nSPS) is 13.1. The van der Waals surface area contributed by atoms with Crippen LogP contribution in [0, 0.1) is 11.8 Å². The molecule has 0 aliphatic carbocycles. The van der Waals surface area contributed by atoms with Gasteiger partial charge >= 0.3 is 0 Å². The summed E-state index contributed by atoms with van der Waals surface area (Å²) in [6, 6.07) is 9.63. The lowest BCUT2D eigenvalue weighted by molar-refractivity contribution is 0.0303. The van der Waals surface area contributed by atoms with Gasteiger partial charge in [0.15, 0.2) is 0 Å². The summed E-state index contributed by atoms with van der Waals surface area (Å²) in [7, 11) is 0. The number of aromatic nitrogens is 4. The highest BCUT2D eigenvalue weighted by molar-refractivity contribution is 7.98. The lowest BCUT2D eigenvalue weighted by Gasteiger charge is -2.26. The standard InChI is InChI=1S/C26H23N5O2S.H2O/c1-3-4-18-7-8-27-22(13-18)20-15-28-26(29-16-20)31-17-24(34-2)21-6-5-19(14-23(21)31)25(32)30-9-11-33-12-10-30;/h5-8,13-17H,9-12H2,1-2H3;1H2. The zero-order valence-electron chi connectivity index (χ0n) is 19.5. The monoisotopic (exact) mass is 487 g/mol. The highest BCUT2D eigenvalue weighted by Gasteiger charge is 2.20. The van der Waals surface area contributed by atoms with Crippen LogP contribution in [0.25, 0.3) is 28.1 Å². The van der Waals surface area contributed by atoms with E-state index in [4.69, 9.17) is 4.74 Å². The second-order valence-electron chi connectivity index (χ2n) is 7.78. The van der Waals surface area contributed by atoms with E-state index in [1.54, 1.807) is 30.4 Å². The number of carbonyl (C=O) groups is 1. The van der Waals surface area contributed by atoms with Crippen LogP contribution in [0.4, 0.5) is 0 Å². The van der Waals surface area contributed by atoms with Crippen molar-refractivity contribution in [2.24, 2.45) is 0 Å². The van der Waals surface area contributed by atoms with Gasteiger partial charge in [-0.05, 0) is 37.4 Å². The van der Waals surface area contributed by atoms with Crippen molar-refractivity contribution in [3.8, 4) is 29.0 Å². The molecule has 4 heterocycles. The quantitative estimate of drug-likeness (QED) is 0.323. The van der Waals surface area contributed by atoms with Gasteiger partial charge < -0.3 is 15.1 Å². The average Bonchev–Trinajstić information content (AvgIpc) is 3.27. The van der Waals surface area contributed by atoms with E-state index < -0.39 is 0 Å². The van der Waals surface area contributed by atoms with Gasteiger partial charge in [-0.2, -0.15) is 0 Å². The molecule has 1 amide bonds. The molecule has 1 aliphatic heterocycles. The third-order valence-corrected chi connectivity index (χ3v) is 6.48. The predicted octanol–water partition coefficient (Wildman–Crippen LogP) is 3.22. The molecule has 0 saturated carbocycles. The van der Waals surface area contributed by atoms with Gasteiger partial charge in [0, 0.05) is 64.8 Å². The van der Waals surface area contributed by atoms with Crippen LogP contribution in [0.15, 0.2) is 60.0 Å². The summed E-state index contributed by atoms with van der Waals surface area (Å²) in [6.07, 6.45) is 9.32. The van der Waals surface area contributed by atoms with E-state index in [0.717, 1.165) is 32.6 Å². The number of hydrogen-bond donors (Lipinski definition) is 0. The first-order valence-electron chi connectivity index (χ1n) is 11.0. The van der Waals surface area contributed by atoms with Crippen LogP contribution in [0.5, 0.6) is 0 Å². The second-order valence-corrected chi connectivity index (χ2v) is 8.63. The zero-order valence-corrected chi connectivity index (χ0v) is 20.3. The molecule has 3 aromatic heterocycles. The van der Waals surface area contributed by atoms with Gasteiger partial charge in [-0.3, -0.25) is 14.3 Å². The Labute approximate surface area is 207 Å². The first-order valence-corrected chi connectivity index (χ1v) is 12.2. The van der Waals surface area contributed by atoms with E-state index in [9.17, 15) is 4.79 Å². The predicted molar refractivity (Wildman–Crippen MR) is 137 cm³/mol. The number of morpholine rings is 1. The molecule has 5 rings (SSSR count). The van der Waals surface area contributed by atoms with Crippen molar-refractivity contribution in [1.82, 2.24) is 24.4 Å². The lowest BCUT2D eigenvalue weighted by atomic mass is 10.1. The van der Waals surface area contributed by atoms with Gasteiger partial charge in [-0.1, -0.05) is 12.0 Å². The van der Waals surface area contributed by atoms with Crippen LogP contribution < -0.4 is 0 Å². The molecule has 1 aliphatic rings. The number of fused-ring (bicyclic) bond motifs is 1. The Morgan fingerprint density at radius 3 is 2.57 bits per heavy atom. The molecule has 0 atom stereocenters. The van der Waals surface area contributed by atoms with Crippen LogP contribution in [-0.4, -0.2) is 68.4 Å². The summed E-state index contributed by atoms with van der Waals surface area (Å²) in [4.78, 5) is 29.6. The van der Waals surface area contributed by atoms with Crippen LogP contribution in [0.3, 0.4) is 0 Å².